The summed E-state index contributed by atoms with van der Waals surface area (Å²) in [6.07, 6.45) is 2.75. The van der Waals surface area contributed by atoms with Crippen molar-refractivity contribution in [3.05, 3.63) is 48.7 Å². The number of nitrogens with zero attached hydrogens (tertiary/aromatic N) is 5. The summed E-state index contributed by atoms with van der Waals surface area (Å²) in [7, 11) is -2.32. The van der Waals surface area contributed by atoms with Crippen molar-refractivity contribution >= 4 is 36.6 Å². The minimum absolute atomic E-state index is 0.0274. The van der Waals surface area contributed by atoms with E-state index >= 15 is 4.39 Å². The Morgan fingerprint density at radius 2 is 2.00 bits per heavy atom. The summed E-state index contributed by atoms with van der Waals surface area (Å²) < 4.78 is 53.6. The maximum absolute atomic E-state index is 16.0. The quantitative estimate of drug-likeness (QED) is 0.178. The summed E-state index contributed by atoms with van der Waals surface area (Å²) in [5.74, 6) is 0.226. The lowest BCUT2D eigenvalue weighted by Crippen LogP contribution is -2.36. The van der Waals surface area contributed by atoms with Crippen LogP contribution >= 0.6 is 7.75 Å². The zero-order chi connectivity index (χ0) is 30.2. The number of esters is 1. The van der Waals surface area contributed by atoms with Gasteiger partial charge < -0.3 is 29.2 Å². The molecule has 1 aliphatic carbocycles. The van der Waals surface area contributed by atoms with Gasteiger partial charge in [-0.25, -0.2) is 13.9 Å². The van der Waals surface area contributed by atoms with E-state index in [0.29, 0.717) is 23.0 Å². The van der Waals surface area contributed by atoms with E-state index in [4.69, 9.17) is 24.3 Å². The lowest BCUT2D eigenvalue weighted by atomic mass is 10.0. The Morgan fingerprint density at radius 1 is 1.29 bits per heavy atom. The molecule has 2 fully saturated rings. The molecular weight excluding hydrogens is 568 g/mol. The van der Waals surface area contributed by atoms with Crippen molar-refractivity contribution in [3.8, 4) is 5.75 Å². The highest BCUT2D eigenvalue weighted by Gasteiger charge is 2.47. The lowest BCUT2D eigenvalue weighted by molar-refractivity contribution is -0.149. The van der Waals surface area contributed by atoms with E-state index in [1.165, 1.54) is 24.7 Å². The fourth-order valence-corrected chi connectivity index (χ4v) is 5.97. The number of allylic oxidation sites excluding steroid dienone is 1. The molecule has 42 heavy (non-hydrogen) atoms. The van der Waals surface area contributed by atoms with Crippen molar-refractivity contribution in [1.82, 2.24) is 24.6 Å². The van der Waals surface area contributed by atoms with Gasteiger partial charge in [0.05, 0.1) is 6.10 Å². The molecule has 1 aromatic carbocycles. The Kier molecular flexibility index (Phi) is 8.04. The molecule has 3 heterocycles. The van der Waals surface area contributed by atoms with Gasteiger partial charge in [-0.3, -0.25) is 9.36 Å². The third-order valence-corrected chi connectivity index (χ3v) is 8.29. The molecule has 15 heteroatoms. The molecule has 13 nitrogen and oxygen atoms in total. The average molecular weight is 604 g/mol. The SMILES string of the molecule is CC(C)OC(=O)[C@H](C)N[P@](=O)(O/C=C1\C[C@@](C)(F)[C@H](n2cnc3c(N(C)C4CC4)nc(N)nc32)O1)Oc1ccccc1. The predicted molar refractivity (Wildman–Crippen MR) is 153 cm³/mol. The highest BCUT2D eigenvalue weighted by Crippen LogP contribution is 2.49. The number of hydrogen-bond acceptors (Lipinski definition) is 11. The number of alkyl halides is 1. The average Bonchev–Trinajstić information content (AvgIpc) is 3.62. The van der Waals surface area contributed by atoms with E-state index in [9.17, 15) is 9.36 Å². The van der Waals surface area contributed by atoms with Crippen molar-refractivity contribution in [1.29, 1.82) is 0 Å². The van der Waals surface area contributed by atoms with Gasteiger partial charge in [-0.1, -0.05) is 18.2 Å². The van der Waals surface area contributed by atoms with Crippen LogP contribution in [0.3, 0.4) is 0 Å². The molecular formula is C27H35FN7O6P. The Morgan fingerprint density at radius 3 is 2.67 bits per heavy atom. The maximum atomic E-state index is 16.0. The fourth-order valence-electron chi connectivity index (χ4n) is 4.57. The first-order valence-electron chi connectivity index (χ1n) is 13.6. The van der Waals surface area contributed by atoms with Crippen molar-refractivity contribution in [3.63, 3.8) is 0 Å². The summed E-state index contributed by atoms with van der Waals surface area (Å²) in [5.41, 5.74) is 4.87. The van der Waals surface area contributed by atoms with E-state index in [1.807, 2.05) is 11.9 Å². The summed E-state index contributed by atoms with van der Waals surface area (Å²) >= 11 is 0. The number of aromatic nitrogens is 4. The molecule has 2 aromatic heterocycles. The van der Waals surface area contributed by atoms with Crippen molar-refractivity contribution in [2.75, 3.05) is 17.7 Å². The predicted octanol–water partition coefficient (Wildman–Crippen LogP) is 4.63. The first-order valence-corrected chi connectivity index (χ1v) is 15.2. The van der Waals surface area contributed by atoms with Gasteiger partial charge in [0.1, 0.15) is 30.1 Å². The Bertz CT molecular complexity index is 1530. The molecule has 0 radical (unpaired) electrons. The van der Waals surface area contributed by atoms with Gasteiger partial charge in [-0.05, 0) is 52.7 Å². The first kappa shape index (κ1) is 29.6. The number of nitrogen functional groups attached to an aromatic ring is 1. The number of hydrogen-bond donors (Lipinski definition) is 2. The summed E-state index contributed by atoms with van der Waals surface area (Å²) in [5, 5.41) is 2.58. The van der Waals surface area contributed by atoms with Crippen molar-refractivity contribution in [2.24, 2.45) is 0 Å². The Hall–Kier alpha value is -3.90. The number of nitrogens with one attached hydrogen (secondary N) is 1. The van der Waals surface area contributed by atoms with Crippen LogP contribution in [0.2, 0.25) is 0 Å². The minimum Gasteiger partial charge on any atom is -0.468 e. The van der Waals surface area contributed by atoms with E-state index in [1.54, 1.807) is 44.2 Å². The number of nitrogens with two attached hydrogens (primary N) is 1. The molecule has 3 N–H and O–H groups in total. The van der Waals surface area contributed by atoms with Gasteiger partial charge >= 0.3 is 13.7 Å². The van der Waals surface area contributed by atoms with E-state index in [0.717, 1.165) is 19.1 Å². The number of para-hydroxylation sites is 1. The number of benzene rings is 1. The van der Waals surface area contributed by atoms with E-state index < -0.39 is 31.7 Å². The molecule has 2 aliphatic rings. The third-order valence-electron chi connectivity index (χ3n) is 6.75. The number of rotatable bonds is 11. The highest BCUT2D eigenvalue weighted by atomic mass is 31.2. The minimum atomic E-state index is -4.23. The molecule has 0 spiro atoms. The van der Waals surface area contributed by atoms with Gasteiger partial charge in [0, 0.05) is 19.5 Å². The molecule has 3 aromatic rings. The molecule has 0 amide bonds. The van der Waals surface area contributed by atoms with Crippen molar-refractivity contribution < 1.29 is 32.3 Å². The number of fused-ring (bicyclic) bond motifs is 1. The number of carbonyl (C=O) groups excluding carboxylic acids is 1. The summed E-state index contributed by atoms with van der Waals surface area (Å²) in [6.45, 7) is 6.23. The Balaban J connectivity index is 1.39. The standard InChI is InChI=1S/C27H35FN7O6P/c1-16(2)39-24(36)17(3)33-42(37,41-19-9-7-6-8-10-19)38-14-20-13-27(4,28)25(40-20)35-15-30-21-22(34(5)18-11-12-18)31-26(29)32-23(21)35/h6-10,14-18,25H,11-13H2,1-5H3,(H,33,37)(H2,29,31,32)/b20-14+/t17-,25+,27+,42-/m0/s1. The zero-order valence-corrected chi connectivity index (χ0v) is 25.0. The monoisotopic (exact) mass is 603 g/mol. The van der Waals surface area contributed by atoms with Gasteiger partial charge in [0.25, 0.3) is 0 Å². The molecule has 1 aliphatic heterocycles. The van der Waals surface area contributed by atoms with Crippen LogP contribution in [-0.2, 0) is 23.4 Å². The van der Waals surface area contributed by atoms with Gasteiger partial charge in [-0.2, -0.15) is 15.1 Å². The second kappa shape index (κ2) is 11.4. The Labute approximate surface area is 242 Å². The molecule has 5 rings (SSSR count). The molecule has 226 valence electrons. The van der Waals surface area contributed by atoms with Crippen LogP contribution in [0.1, 0.15) is 53.2 Å². The normalized spacial score (nSPS) is 23.4. The number of ether oxygens (including phenoxy) is 2. The van der Waals surface area contributed by atoms with E-state index in [-0.39, 0.29) is 30.0 Å². The van der Waals surface area contributed by atoms with E-state index in [2.05, 4.69) is 20.0 Å². The van der Waals surface area contributed by atoms with Crippen LogP contribution in [0, 0.1) is 0 Å². The highest BCUT2D eigenvalue weighted by molar-refractivity contribution is 7.52. The second-order valence-corrected chi connectivity index (χ2v) is 12.6. The maximum Gasteiger partial charge on any atom is 0.513 e. The zero-order valence-electron chi connectivity index (χ0n) is 24.1. The van der Waals surface area contributed by atoms with Crippen LogP contribution < -0.4 is 20.2 Å². The molecule has 0 bridgehead atoms. The van der Waals surface area contributed by atoms with Gasteiger partial charge in [0.2, 0.25) is 12.2 Å². The first-order chi connectivity index (χ1) is 19.8. The molecule has 1 saturated carbocycles. The van der Waals surface area contributed by atoms with Crippen LogP contribution in [-0.4, -0.2) is 56.4 Å². The van der Waals surface area contributed by atoms with Crippen LogP contribution in [0.15, 0.2) is 48.7 Å². The fraction of sp³-hybridized carbons (Fsp3) is 0.481. The number of anilines is 2. The van der Waals surface area contributed by atoms with Crippen LogP contribution in [0.4, 0.5) is 16.2 Å². The molecule has 4 atom stereocenters. The molecule has 0 unspecified atom stereocenters. The van der Waals surface area contributed by atoms with Gasteiger partial charge in [-0.15, -0.1) is 0 Å². The lowest BCUT2D eigenvalue weighted by Gasteiger charge is -2.23. The third kappa shape index (κ3) is 6.44. The topological polar surface area (TPSA) is 156 Å². The largest absolute Gasteiger partial charge is 0.513 e. The van der Waals surface area contributed by atoms with Crippen molar-refractivity contribution in [2.45, 2.75) is 77.0 Å². The number of carbonyl (C=O) groups is 1. The second-order valence-electron chi connectivity index (χ2n) is 10.9. The number of imidazole rings is 1. The van der Waals surface area contributed by atoms with Crippen LogP contribution in [0.5, 0.6) is 5.75 Å². The molecule has 1 saturated heterocycles. The van der Waals surface area contributed by atoms with Crippen LogP contribution in [0.25, 0.3) is 11.2 Å². The summed E-state index contributed by atoms with van der Waals surface area (Å²) in [4.78, 5) is 27.5. The van der Waals surface area contributed by atoms with Gasteiger partial charge in [0.15, 0.2) is 22.7 Å². The smallest absolute Gasteiger partial charge is 0.468 e. The number of halogens is 1. The summed E-state index contributed by atoms with van der Waals surface area (Å²) in [6, 6.07) is 7.59.